The van der Waals surface area contributed by atoms with Gasteiger partial charge < -0.3 is 4.74 Å². The van der Waals surface area contributed by atoms with Gasteiger partial charge in [0.25, 0.3) is 0 Å². The van der Waals surface area contributed by atoms with Crippen LogP contribution in [0, 0.1) is 5.41 Å². The summed E-state index contributed by atoms with van der Waals surface area (Å²) in [6.07, 6.45) is 9.70. The van der Waals surface area contributed by atoms with Crippen molar-refractivity contribution in [3.63, 3.8) is 0 Å². The fourth-order valence-electron chi connectivity index (χ4n) is 2.91. The number of hydrogen-bond acceptors (Lipinski definition) is 3. The Balaban J connectivity index is 2.78. The van der Waals surface area contributed by atoms with E-state index in [9.17, 15) is 9.59 Å². The van der Waals surface area contributed by atoms with Crippen LogP contribution in [0.1, 0.15) is 72.6 Å². The molecule has 1 aliphatic rings. The van der Waals surface area contributed by atoms with Gasteiger partial charge in [0.05, 0.1) is 6.61 Å². The minimum atomic E-state index is -0.925. The van der Waals surface area contributed by atoms with Gasteiger partial charge in [0.2, 0.25) is 0 Å². The van der Waals surface area contributed by atoms with Crippen molar-refractivity contribution >= 4 is 11.8 Å². The summed E-state index contributed by atoms with van der Waals surface area (Å²) in [4.78, 5) is 24.8. The number of hydrogen-bond donors (Lipinski definition) is 0. The fraction of sp³-hybridized carbons (Fsp3) is 0.684. The van der Waals surface area contributed by atoms with Gasteiger partial charge in [0.15, 0.2) is 0 Å². The number of carbonyl (C=O) groups is 2. The number of rotatable bonds is 7. The summed E-state index contributed by atoms with van der Waals surface area (Å²) in [7, 11) is 0. The van der Waals surface area contributed by atoms with Crippen molar-refractivity contribution in [1.29, 1.82) is 0 Å². The first kappa shape index (κ1) is 18.7. The highest BCUT2D eigenvalue weighted by Crippen LogP contribution is 2.38. The molecule has 0 heterocycles. The maximum atomic E-state index is 12.4. The average Bonchev–Trinajstić information content (AvgIpc) is 2.46. The lowest BCUT2D eigenvalue weighted by molar-refractivity contribution is -0.162. The Bertz CT molecular complexity index is 455. The summed E-state index contributed by atoms with van der Waals surface area (Å²) in [5.74, 6) is -0.265. The summed E-state index contributed by atoms with van der Waals surface area (Å²) in [6.45, 7) is 8.38. The van der Waals surface area contributed by atoms with E-state index in [1.165, 1.54) is 11.1 Å². The van der Waals surface area contributed by atoms with Crippen LogP contribution in [0.4, 0.5) is 0 Å². The normalized spacial score (nSPS) is 22.4. The molecule has 1 rings (SSSR count). The minimum absolute atomic E-state index is 0.0607. The zero-order chi connectivity index (χ0) is 16.6. The maximum Gasteiger partial charge on any atom is 0.319 e. The molecule has 0 aromatic carbocycles. The van der Waals surface area contributed by atoms with Gasteiger partial charge in [-0.25, -0.2) is 0 Å². The van der Waals surface area contributed by atoms with Crippen LogP contribution in [0.3, 0.4) is 0 Å². The van der Waals surface area contributed by atoms with Crippen molar-refractivity contribution in [3.05, 3.63) is 23.3 Å². The number of ketones is 1. The Morgan fingerprint density at radius 1 is 1.23 bits per heavy atom. The van der Waals surface area contributed by atoms with Crippen LogP contribution in [0.25, 0.3) is 0 Å². The SMILES string of the molecule is CCOC(=O)C1(C/C=C(\C)CCC=C(C)C)CCCCC1=O. The number of esters is 1. The first-order valence-electron chi connectivity index (χ1n) is 8.42. The summed E-state index contributed by atoms with van der Waals surface area (Å²) in [6, 6.07) is 0. The van der Waals surface area contributed by atoms with Crippen LogP contribution in [0.15, 0.2) is 23.3 Å². The monoisotopic (exact) mass is 306 g/mol. The van der Waals surface area contributed by atoms with Crippen LogP contribution < -0.4 is 0 Å². The molecular formula is C19H30O3. The van der Waals surface area contributed by atoms with Gasteiger partial charge in [0.1, 0.15) is 11.2 Å². The van der Waals surface area contributed by atoms with E-state index in [-0.39, 0.29) is 11.8 Å². The van der Waals surface area contributed by atoms with E-state index < -0.39 is 5.41 Å². The first-order valence-corrected chi connectivity index (χ1v) is 8.42. The van der Waals surface area contributed by atoms with E-state index in [0.717, 1.165) is 25.7 Å². The molecule has 1 aliphatic carbocycles. The largest absolute Gasteiger partial charge is 0.465 e. The van der Waals surface area contributed by atoms with Crippen molar-refractivity contribution < 1.29 is 14.3 Å². The molecule has 1 atom stereocenters. The molecular weight excluding hydrogens is 276 g/mol. The van der Waals surface area contributed by atoms with Crippen LogP contribution >= 0.6 is 0 Å². The molecule has 0 saturated heterocycles. The fourth-order valence-corrected chi connectivity index (χ4v) is 2.91. The summed E-state index contributed by atoms with van der Waals surface area (Å²) in [5, 5.41) is 0. The smallest absolute Gasteiger partial charge is 0.319 e. The molecule has 0 aromatic rings. The molecule has 3 heteroatoms. The summed E-state index contributed by atoms with van der Waals surface area (Å²) < 4.78 is 5.20. The number of allylic oxidation sites excluding steroid dienone is 4. The van der Waals surface area contributed by atoms with Gasteiger partial charge in [-0.15, -0.1) is 0 Å². The molecule has 0 bridgehead atoms. The zero-order valence-corrected chi connectivity index (χ0v) is 14.5. The van der Waals surface area contributed by atoms with E-state index in [0.29, 0.717) is 25.9 Å². The van der Waals surface area contributed by atoms with E-state index in [4.69, 9.17) is 4.74 Å². The van der Waals surface area contributed by atoms with Crippen molar-refractivity contribution in [2.24, 2.45) is 5.41 Å². The van der Waals surface area contributed by atoms with Crippen molar-refractivity contribution in [2.75, 3.05) is 6.61 Å². The van der Waals surface area contributed by atoms with E-state index in [1.807, 2.05) is 0 Å². The lowest BCUT2D eigenvalue weighted by atomic mass is 9.70. The van der Waals surface area contributed by atoms with Crippen molar-refractivity contribution in [3.8, 4) is 0 Å². The highest BCUT2D eigenvalue weighted by molar-refractivity contribution is 6.04. The van der Waals surface area contributed by atoms with E-state index >= 15 is 0 Å². The Hall–Kier alpha value is -1.38. The zero-order valence-electron chi connectivity index (χ0n) is 14.5. The molecule has 0 aromatic heterocycles. The average molecular weight is 306 g/mol. The highest BCUT2D eigenvalue weighted by Gasteiger charge is 2.46. The minimum Gasteiger partial charge on any atom is -0.465 e. The van der Waals surface area contributed by atoms with Crippen LogP contribution in [-0.4, -0.2) is 18.4 Å². The van der Waals surface area contributed by atoms with Crippen molar-refractivity contribution in [2.45, 2.75) is 72.6 Å². The molecule has 1 unspecified atom stereocenters. The summed E-state index contributed by atoms with van der Waals surface area (Å²) >= 11 is 0. The van der Waals surface area contributed by atoms with Gasteiger partial charge >= 0.3 is 5.97 Å². The lowest BCUT2D eigenvalue weighted by Gasteiger charge is -2.32. The molecule has 0 radical (unpaired) electrons. The lowest BCUT2D eigenvalue weighted by Crippen LogP contribution is -2.42. The van der Waals surface area contributed by atoms with Crippen LogP contribution in [0.2, 0.25) is 0 Å². The third-order valence-electron chi connectivity index (χ3n) is 4.35. The highest BCUT2D eigenvalue weighted by atomic mass is 16.5. The van der Waals surface area contributed by atoms with Gasteiger partial charge in [-0.3, -0.25) is 9.59 Å². The standard InChI is InChI=1S/C19H30O3/c1-5-22-18(21)19(13-7-6-11-17(19)20)14-12-16(4)10-8-9-15(2)3/h9,12H,5-8,10-11,13-14H2,1-4H3/b16-12+. The third-order valence-corrected chi connectivity index (χ3v) is 4.35. The predicted octanol–water partition coefficient (Wildman–Crippen LogP) is 4.76. The second kappa shape index (κ2) is 8.92. The number of Topliss-reactive ketones (excluding diaryl/α,β-unsaturated/α-hetero) is 1. The topological polar surface area (TPSA) is 43.4 Å². The third kappa shape index (κ3) is 5.11. The van der Waals surface area contributed by atoms with Crippen molar-refractivity contribution in [1.82, 2.24) is 0 Å². The molecule has 22 heavy (non-hydrogen) atoms. The molecule has 0 N–H and O–H groups in total. The second-order valence-corrected chi connectivity index (χ2v) is 6.51. The van der Waals surface area contributed by atoms with E-state index in [2.05, 4.69) is 32.9 Å². The Labute approximate surface area is 134 Å². The van der Waals surface area contributed by atoms with E-state index in [1.54, 1.807) is 6.92 Å². The Kier molecular flexibility index (Phi) is 7.57. The first-order chi connectivity index (χ1) is 10.4. The second-order valence-electron chi connectivity index (χ2n) is 6.51. The quantitative estimate of drug-likeness (QED) is 0.387. The number of carbonyl (C=O) groups excluding carboxylic acids is 2. The molecule has 1 fully saturated rings. The molecule has 0 aliphatic heterocycles. The van der Waals surface area contributed by atoms with Gasteiger partial charge in [-0.1, -0.05) is 29.7 Å². The molecule has 124 valence electrons. The van der Waals surface area contributed by atoms with Gasteiger partial charge in [-0.05, 0) is 59.8 Å². The van der Waals surface area contributed by atoms with Crippen LogP contribution in [-0.2, 0) is 14.3 Å². The number of ether oxygens (including phenoxy) is 1. The molecule has 0 spiro atoms. The summed E-state index contributed by atoms with van der Waals surface area (Å²) in [5.41, 5.74) is 1.63. The maximum absolute atomic E-state index is 12.4. The van der Waals surface area contributed by atoms with Gasteiger partial charge in [-0.2, -0.15) is 0 Å². The molecule has 1 saturated carbocycles. The van der Waals surface area contributed by atoms with Crippen LogP contribution in [0.5, 0.6) is 0 Å². The predicted molar refractivity (Wildman–Crippen MR) is 89.6 cm³/mol. The van der Waals surface area contributed by atoms with Gasteiger partial charge in [0, 0.05) is 6.42 Å². The Morgan fingerprint density at radius 3 is 2.55 bits per heavy atom. The molecule has 3 nitrogen and oxygen atoms in total. The molecule has 0 amide bonds. The Morgan fingerprint density at radius 2 is 1.95 bits per heavy atom.